The number of hydrogen-bond acceptors (Lipinski definition) is 7. The molecule has 2 aliphatic heterocycles. The van der Waals surface area contributed by atoms with Gasteiger partial charge in [-0.2, -0.15) is 0 Å². The maximum Gasteiger partial charge on any atom is 0.409 e. The van der Waals surface area contributed by atoms with Crippen LogP contribution in [0, 0.1) is 5.41 Å². The van der Waals surface area contributed by atoms with E-state index in [0.29, 0.717) is 18.1 Å². The second-order valence-corrected chi connectivity index (χ2v) is 8.73. The van der Waals surface area contributed by atoms with Gasteiger partial charge in [-0.25, -0.2) is 9.78 Å². The van der Waals surface area contributed by atoms with Crippen molar-refractivity contribution in [2.24, 2.45) is 5.41 Å². The average Bonchev–Trinajstić information content (AvgIpc) is 3.43. The summed E-state index contributed by atoms with van der Waals surface area (Å²) in [6.07, 6.45) is 6.99. The fourth-order valence-corrected chi connectivity index (χ4v) is 5.38. The van der Waals surface area contributed by atoms with E-state index in [1.54, 1.807) is 6.20 Å². The quantitative estimate of drug-likeness (QED) is 0.766. The van der Waals surface area contributed by atoms with Gasteiger partial charge in [0.25, 0.3) is 0 Å². The summed E-state index contributed by atoms with van der Waals surface area (Å²) < 4.78 is 10.5. The number of anilines is 1. The van der Waals surface area contributed by atoms with E-state index in [1.807, 2.05) is 36.2 Å². The first-order valence-electron chi connectivity index (χ1n) is 10.9. The van der Waals surface area contributed by atoms with Crippen molar-refractivity contribution in [1.82, 2.24) is 19.9 Å². The molecule has 0 N–H and O–H groups in total. The number of pyridine rings is 1. The van der Waals surface area contributed by atoms with Crippen molar-refractivity contribution < 1.29 is 14.1 Å². The molecule has 4 heterocycles. The molecule has 1 aliphatic carbocycles. The minimum atomic E-state index is -0.155. The summed E-state index contributed by atoms with van der Waals surface area (Å²) in [6.45, 7) is 8.01. The van der Waals surface area contributed by atoms with E-state index < -0.39 is 0 Å². The molecule has 8 heteroatoms. The van der Waals surface area contributed by atoms with Gasteiger partial charge >= 0.3 is 6.09 Å². The average molecular weight is 412 g/mol. The van der Waals surface area contributed by atoms with Crippen LogP contribution in [0.25, 0.3) is 11.3 Å². The number of hydrogen-bond donors (Lipinski definition) is 0. The number of carbonyl (C=O) groups is 1. The Morgan fingerprint density at radius 2 is 2.07 bits per heavy atom. The molecule has 160 valence electrons. The maximum absolute atomic E-state index is 11.9. The number of aromatic nitrogens is 2. The van der Waals surface area contributed by atoms with E-state index in [9.17, 15) is 4.79 Å². The summed E-state index contributed by atoms with van der Waals surface area (Å²) in [5.74, 6) is 1.73. The van der Waals surface area contributed by atoms with Crippen molar-refractivity contribution in [1.29, 1.82) is 0 Å². The molecule has 0 unspecified atom stereocenters. The van der Waals surface area contributed by atoms with Crippen LogP contribution in [-0.4, -0.2) is 78.0 Å². The Kier molecular flexibility index (Phi) is 5.10. The number of nitrogens with zero attached hydrogens (tertiary/aromatic N) is 5. The normalized spacial score (nSPS) is 23.6. The predicted molar refractivity (Wildman–Crippen MR) is 112 cm³/mol. The summed E-state index contributed by atoms with van der Waals surface area (Å²) in [5.41, 5.74) is 1.31. The summed E-state index contributed by atoms with van der Waals surface area (Å²) in [6, 6.07) is 6.48. The fourth-order valence-electron chi connectivity index (χ4n) is 5.38. The van der Waals surface area contributed by atoms with Crippen LogP contribution < -0.4 is 4.90 Å². The molecule has 5 rings (SSSR count). The highest BCUT2D eigenvalue weighted by Crippen LogP contribution is 2.47. The van der Waals surface area contributed by atoms with Gasteiger partial charge in [-0.05, 0) is 38.3 Å². The van der Waals surface area contributed by atoms with Gasteiger partial charge in [0.2, 0.25) is 0 Å². The molecule has 2 saturated heterocycles. The number of likely N-dealkylation sites (tertiary alicyclic amines) is 1. The molecule has 30 heavy (non-hydrogen) atoms. The Balaban J connectivity index is 1.17. The Morgan fingerprint density at radius 3 is 2.80 bits per heavy atom. The molecule has 3 aliphatic rings. The number of amides is 1. The maximum atomic E-state index is 11.9. The molecule has 1 amide bonds. The highest BCUT2D eigenvalue weighted by molar-refractivity contribution is 5.72. The minimum absolute atomic E-state index is 0.155. The molecule has 1 atom stereocenters. The largest absolute Gasteiger partial charge is 0.450 e. The fraction of sp³-hybridized carbons (Fsp3) is 0.591. The third-order valence-electron chi connectivity index (χ3n) is 6.88. The molecule has 8 nitrogen and oxygen atoms in total. The molecule has 0 bridgehead atoms. The van der Waals surface area contributed by atoms with Gasteiger partial charge in [0, 0.05) is 63.0 Å². The lowest BCUT2D eigenvalue weighted by molar-refractivity contribution is -0.00294. The molecular weight excluding hydrogens is 382 g/mol. The zero-order chi connectivity index (χ0) is 20.6. The summed E-state index contributed by atoms with van der Waals surface area (Å²) in [5, 5.41) is 3.84. The van der Waals surface area contributed by atoms with E-state index in [2.05, 4.69) is 19.9 Å². The number of piperazine rings is 1. The second kappa shape index (κ2) is 7.91. The zero-order valence-electron chi connectivity index (χ0n) is 17.5. The third kappa shape index (κ3) is 3.53. The Labute approximate surface area is 176 Å². The van der Waals surface area contributed by atoms with Crippen molar-refractivity contribution in [3.63, 3.8) is 0 Å². The monoisotopic (exact) mass is 411 g/mol. The number of ether oxygens (including phenoxy) is 1. The van der Waals surface area contributed by atoms with Gasteiger partial charge in [-0.1, -0.05) is 5.16 Å². The molecule has 0 aromatic carbocycles. The lowest BCUT2D eigenvalue weighted by atomic mass is 9.78. The topological polar surface area (TPSA) is 74.9 Å². The van der Waals surface area contributed by atoms with Crippen LogP contribution in [0.4, 0.5) is 10.6 Å². The lowest BCUT2D eigenvalue weighted by Crippen LogP contribution is -2.58. The molecule has 2 aromatic heterocycles. The van der Waals surface area contributed by atoms with E-state index in [-0.39, 0.29) is 6.09 Å². The molecular formula is C22H29N5O3. The Morgan fingerprint density at radius 1 is 1.23 bits per heavy atom. The number of carbonyl (C=O) groups excluding carboxylic acids is 1. The van der Waals surface area contributed by atoms with Gasteiger partial charge in [0.15, 0.2) is 5.76 Å². The molecule has 1 saturated carbocycles. The van der Waals surface area contributed by atoms with Crippen molar-refractivity contribution in [3.8, 4) is 11.3 Å². The van der Waals surface area contributed by atoms with Crippen molar-refractivity contribution in [3.05, 3.63) is 30.6 Å². The van der Waals surface area contributed by atoms with Gasteiger partial charge < -0.3 is 19.1 Å². The van der Waals surface area contributed by atoms with Gasteiger partial charge in [-0.3, -0.25) is 4.90 Å². The van der Waals surface area contributed by atoms with Crippen LogP contribution in [0.5, 0.6) is 0 Å². The van der Waals surface area contributed by atoms with E-state index in [1.165, 1.54) is 19.3 Å². The highest BCUT2D eigenvalue weighted by Gasteiger charge is 2.51. The number of rotatable bonds is 4. The van der Waals surface area contributed by atoms with Crippen LogP contribution in [0.2, 0.25) is 0 Å². The molecule has 1 spiro atoms. The minimum Gasteiger partial charge on any atom is -0.450 e. The van der Waals surface area contributed by atoms with Gasteiger partial charge in [0.1, 0.15) is 5.82 Å². The Hall–Kier alpha value is -2.61. The predicted octanol–water partition coefficient (Wildman–Crippen LogP) is 2.87. The standard InChI is InChI=1S/C22H29N5O3/c1-2-29-21(28)27-15-22(16-27)7-5-17(14-22)25-10-12-26(13-11-25)20-18(4-3-8-23-20)19-6-9-24-30-19/h3-4,6,8-9,17H,2,5,7,10-16H2,1H3/t17-/m1/s1. The molecule has 3 fully saturated rings. The van der Waals surface area contributed by atoms with Crippen molar-refractivity contribution in [2.45, 2.75) is 32.2 Å². The first kappa shape index (κ1) is 19.4. The molecule has 0 radical (unpaired) electrons. The first-order chi connectivity index (χ1) is 14.7. The van der Waals surface area contributed by atoms with Crippen molar-refractivity contribution in [2.75, 3.05) is 50.8 Å². The van der Waals surface area contributed by atoms with E-state index in [4.69, 9.17) is 9.26 Å². The summed E-state index contributed by atoms with van der Waals surface area (Å²) >= 11 is 0. The second-order valence-electron chi connectivity index (χ2n) is 8.73. The first-order valence-corrected chi connectivity index (χ1v) is 10.9. The van der Waals surface area contributed by atoms with Gasteiger partial charge in [-0.15, -0.1) is 0 Å². The third-order valence-corrected chi connectivity index (χ3v) is 6.88. The zero-order valence-corrected chi connectivity index (χ0v) is 17.5. The highest BCUT2D eigenvalue weighted by atomic mass is 16.6. The Bertz CT molecular complexity index is 873. The van der Waals surface area contributed by atoms with Crippen LogP contribution in [0.15, 0.2) is 35.1 Å². The SMILES string of the molecule is CCOC(=O)N1CC2(CC[C@@H](N3CCN(c4ncccc4-c4ccno4)CC3)C2)C1. The van der Waals surface area contributed by atoms with Gasteiger partial charge in [0.05, 0.1) is 18.4 Å². The van der Waals surface area contributed by atoms with E-state index >= 15 is 0 Å². The summed E-state index contributed by atoms with van der Waals surface area (Å²) in [7, 11) is 0. The van der Waals surface area contributed by atoms with Crippen LogP contribution >= 0.6 is 0 Å². The van der Waals surface area contributed by atoms with Crippen molar-refractivity contribution >= 4 is 11.9 Å². The lowest BCUT2D eigenvalue weighted by Gasteiger charge is -2.48. The van der Waals surface area contributed by atoms with Crippen LogP contribution in [0.1, 0.15) is 26.2 Å². The summed E-state index contributed by atoms with van der Waals surface area (Å²) in [4.78, 5) is 23.4. The van der Waals surface area contributed by atoms with Crippen LogP contribution in [-0.2, 0) is 4.74 Å². The van der Waals surface area contributed by atoms with E-state index in [0.717, 1.165) is 56.4 Å². The smallest absolute Gasteiger partial charge is 0.409 e. The molecule has 2 aromatic rings. The van der Waals surface area contributed by atoms with Crippen LogP contribution in [0.3, 0.4) is 0 Å².